The van der Waals surface area contributed by atoms with Crippen molar-refractivity contribution in [2.75, 3.05) is 18.8 Å². The van der Waals surface area contributed by atoms with Crippen molar-refractivity contribution in [2.45, 2.75) is 31.1 Å². The van der Waals surface area contributed by atoms with E-state index in [0.717, 1.165) is 19.3 Å². The number of nitrogen functional groups attached to an aromatic ring is 1. The Kier molecular flexibility index (Phi) is 4.53. The molecule has 1 aromatic carbocycles. The number of hydrogen-bond donors (Lipinski definition) is 1. The topological polar surface area (TPSA) is 63.4 Å². The first-order valence-electron chi connectivity index (χ1n) is 6.50. The fourth-order valence-corrected chi connectivity index (χ4v) is 4.56. The van der Waals surface area contributed by atoms with E-state index in [0.29, 0.717) is 34.1 Å². The SMILES string of the molecule is CCCC1CCN(S(=O)(=O)c2ccc(N)c(Br)c2)C1. The van der Waals surface area contributed by atoms with Crippen molar-refractivity contribution in [3.8, 4) is 0 Å². The number of halogens is 1. The number of sulfonamides is 1. The van der Waals surface area contributed by atoms with Crippen LogP contribution in [0.3, 0.4) is 0 Å². The van der Waals surface area contributed by atoms with Gasteiger partial charge in [0.25, 0.3) is 0 Å². The number of benzene rings is 1. The molecule has 1 unspecified atom stereocenters. The molecule has 1 heterocycles. The van der Waals surface area contributed by atoms with Gasteiger partial charge < -0.3 is 5.73 Å². The number of nitrogens with zero attached hydrogens (tertiary/aromatic N) is 1. The second kappa shape index (κ2) is 5.81. The summed E-state index contributed by atoms with van der Waals surface area (Å²) in [6.45, 7) is 3.39. The molecule has 0 aliphatic carbocycles. The smallest absolute Gasteiger partial charge is 0.243 e. The number of anilines is 1. The first kappa shape index (κ1) is 14.8. The largest absolute Gasteiger partial charge is 0.398 e. The van der Waals surface area contributed by atoms with Gasteiger partial charge in [0.1, 0.15) is 0 Å². The number of rotatable bonds is 4. The maximum Gasteiger partial charge on any atom is 0.243 e. The zero-order valence-corrected chi connectivity index (χ0v) is 13.4. The van der Waals surface area contributed by atoms with Crippen molar-refractivity contribution in [2.24, 2.45) is 5.92 Å². The zero-order chi connectivity index (χ0) is 14.0. The van der Waals surface area contributed by atoms with E-state index in [1.54, 1.807) is 22.5 Å². The lowest BCUT2D eigenvalue weighted by molar-refractivity contribution is 0.444. The summed E-state index contributed by atoms with van der Waals surface area (Å²) in [6.07, 6.45) is 3.16. The molecule has 0 amide bonds. The molecule has 0 spiro atoms. The number of hydrogen-bond acceptors (Lipinski definition) is 3. The van der Waals surface area contributed by atoms with Crippen LogP contribution in [-0.4, -0.2) is 25.8 Å². The molecule has 2 rings (SSSR count). The molecule has 1 fully saturated rings. The van der Waals surface area contributed by atoms with Crippen LogP contribution in [0.2, 0.25) is 0 Å². The van der Waals surface area contributed by atoms with Crippen molar-refractivity contribution in [3.05, 3.63) is 22.7 Å². The van der Waals surface area contributed by atoms with Crippen molar-refractivity contribution in [1.29, 1.82) is 0 Å². The molecule has 19 heavy (non-hydrogen) atoms. The summed E-state index contributed by atoms with van der Waals surface area (Å²) in [4.78, 5) is 0.311. The first-order valence-corrected chi connectivity index (χ1v) is 8.73. The second-order valence-electron chi connectivity index (χ2n) is 4.99. The van der Waals surface area contributed by atoms with Gasteiger partial charge >= 0.3 is 0 Å². The Labute approximate surface area is 123 Å². The minimum absolute atomic E-state index is 0.311. The molecule has 1 aromatic rings. The summed E-state index contributed by atoms with van der Waals surface area (Å²) in [5, 5.41) is 0. The fraction of sp³-hybridized carbons (Fsp3) is 0.538. The van der Waals surface area contributed by atoms with E-state index in [1.165, 1.54) is 0 Å². The Morgan fingerprint density at radius 2 is 2.21 bits per heavy atom. The van der Waals surface area contributed by atoms with E-state index >= 15 is 0 Å². The van der Waals surface area contributed by atoms with Gasteiger partial charge in [-0.25, -0.2) is 8.42 Å². The molecule has 1 saturated heterocycles. The van der Waals surface area contributed by atoms with Gasteiger partial charge in [-0.2, -0.15) is 4.31 Å². The van der Waals surface area contributed by atoms with Gasteiger partial charge in [0, 0.05) is 23.2 Å². The highest BCUT2D eigenvalue weighted by Gasteiger charge is 2.32. The summed E-state index contributed by atoms with van der Waals surface area (Å²) in [6, 6.07) is 4.77. The average Bonchev–Trinajstić information content (AvgIpc) is 2.82. The maximum absolute atomic E-state index is 12.5. The van der Waals surface area contributed by atoms with Crippen molar-refractivity contribution in [3.63, 3.8) is 0 Å². The van der Waals surface area contributed by atoms with Crippen LogP contribution in [-0.2, 0) is 10.0 Å². The van der Waals surface area contributed by atoms with E-state index in [4.69, 9.17) is 5.73 Å². The molecule has 1 aliphatic rings. The van der Waals surface area contributed by atoms with E-state index in [-0.39, 0.29) is 0 Å². The van der Waals surface area contributed by atoms with Gasteiger partial charge in [-0.3, -0.25) is 0 Å². The van der Waals surface area contributed by atoms with E-state index in [1.807, 2.05) is 0 Å². The quantitative estimate of drug-likeness (QED) is 0.852. The van der Waals surface area contributed by atoms with Crippen LogP contribution in [0.4, 0.5) is 5.69 Å². The van der Waals surface area contributed by atoms with E-state index in [9.17, 15) is 8.42 Å². The van der Waals surface area contributed by atoms with Gasteiger partial charge in [0.2, 0.25) is 10.0 Å². The van der Waals surface area contributed by atoms with Crippen LogP contribution in [0.5, 0.6) is 0 Å². The lowest BCUT2D eigenvalue weighted by Crippen LogP contribution is -2.28. The molecule has 6 heteroatoms. The molecule has 4 nitrogen and oxygen atoms in total. The molecule has 1 atom stereocenters. The molecule has 2 N–H and O–H groups in total. The van der Waals surface area contributed by atoms with E-state index in [2.05, 4.69) is 22.9 Å². The Morgan fingerprint density at radius 1 is 1.47 bits per heavy atom. The predicted molar refractivity (Wildman–Crippen MR) is 80.3 cm³/mol. The van der Waals surface area contributed by atoms with Crippen molar-refractivity contribution < 1.29 is 8.42 Å². The third-order valence-electron chi connectivity index (χ3n) is 3.56. The fourth-order valence-electron chi connectivity index (χ4n) is 2.48. The Balaban J connectivity index is 2.21. The minimum atomic E-state index is -3.38. The van der Waals surface area contributed by atoms with Crippen molar-refractivity contribution in [1.82, 2.24) is 4.31 Å². The standard InChI is InChI=1S/C13H19BrN2O2S/c1-2-3-10-6-7-16(9-10)19(17,18)11-4-5-13(15)12(14)8-11/h4-5,8,10H,2-3,6-7,9,15H2,1H3. The molecular weight excluding hydrogens is 328 g/mol. The second-order valence-corrected chi connectivity index (χ2v) is 7.78. The Hall–Kier alpha value is -0.590. The summed E-state index contributed by atoms with van der Waals surface area (Å²) >= 11 is 3.28. The third-order valence-corrected chi connectivity index (χ3v) is 6.10. The third kappa shape index (κ3) is 3.12. The van der Waals surface area contributed by atoms with Crippen molar-refractivity contribution >= 4 is 31.6 Å². The van der Waals surface area contributed by atoms with Crippen LogP contribution in [0, 0.1) is 5.92 Å². The van der Waals surface area contributed by atoms with Gasteiger partial charge in [-0.15, -0.1) is 0 Å². The predicted octanol–water partition coefficient (Wildman–Crippen LogP) is 2.84. The van der Waals surface area contributed by atoms with Crippen LogP contribution < -0.4 is 5.73 Å². The summed E-state index contributed by atoms with van der Waals surface area (Å²) < 4.78 is 27.2. The lowest BCUT2D eigenvalue weighted by atomic mass is 10.0. The first-order chi connectivity index (χ1) is 8.95. The lowest BCUT2D eigenvalue weighted by Gasteiger charge is -2.17. The molecule has 0 bridgehead atoms. The zero-order valence-electron chi connectivity index (χ0n) is 11.0. The maximum atomic E-state index is 12.5. The molecule has 1 aliphatic heterocycles. The van der Waals surface area contributed by atoms with Gasteiger partial charge in [0.15, 0.2) is 0 Å². The average molecular weight is 347 g/mol. The summed E-state index contributed by atoms with van der Waals surface area (Å²) in [5.41, 5.74) is 6.24. The number of nitrogens with two attached hydrogens (primary N) is 1. The van der Waals surface area contributed by atoms with Gasteiger partial charge in [0.05, 0.1) is 4.90 Å². The molecular formula is C13H19BrN2O2S. The minimum Gasteiger partial charge on any atom is -0.398 e. The molecule has 0 radical (unpaired) electrons. The van der Waals surface area contributed by atoms with Crippen LogP contribution in [0.25, 0.3) is 0 Å². The van der Waals surface area contributed by atoms with E-state index < -0.39 is 10.0 Å². The van der Waals surface area contributed by atoms with Gasteiger partial charge in [-0.1, -0.05) is 13.3 Å². The highest BCUT2D eigenvalue weighted by Crippen LogP contribution is 2.29. The molecule has 106 valence electrons. The Bertz CT molecular complexity index is 560. The van der Waals surface area contributed by atoms with Crippen LogP contribution in [0.1, 0.15) is 26.2 Å². The van der Waals surface area contributed by atoms with Crippen LogP contribution >= 0.6 is 15.9 Å². The van der Waals surface area contributed by atoms with Gasteiger partial charge in [-0.05, 0) is 52.9 Å². The highest BCUT2D eigenvalue weighted by atomic mass is 79.9. The summed E-state index contributed by atoms with van der Waals surface area (Å²) in [5.74, 6) is 0.497. The monoisotopic (exact) mass is 346 g/mol. The summed E-state index contributed by atoms with van der Waals surface area (Å²) in [7, 11) is -3.38. The highest BCUT2D eigenvalue weighted by molar-refractivity contribution is 9.10. The Morgan fingerprint density at radius 3 is 2.84 bits per heavy atom. The van der Waals surface area contributed by atoms with Crippen LogP contribution in [0.15, 0.2) is 27.6 Å². The normalized spacial score (nSPS) is 20.8. The molecule has 0 aromatic heterocycles. The molecule has 0 saturated carbocycles.